The number of aryl methyl sites for hydroxylation is 1. The van der Waals surface area contributed by atoms with Gasteiger partial charge in [-0.25, -0.2) is 0 Å². The number of hydrogen-bond donors (Lipinski definition) is 2. The second kappa shape index (κ2) is 7.52. The first-order chi connectivity index (χ1) is 8.70. The van der Waals surface area contributed by atoms with E-state index in [1.54, 1.807) is 0 Å². The fourth-order valence-corrected chi connectivity index (χ4v) is 2.34. The van der Waals surface area contributed by atoms with Crippen molar-refractivity contribution in [2.24, 2.45) is 0 Å². The minimum atomic E-state index is -0.553. The van der Waals surface area contributed by atoms with Crippen LogP contribution in [0.1, 0.15) is 30.9 Å². The Morgan fingerprint density at radius 1 is 1.17 bits per heavy atom. The van der Waals surface area contributed by atoms with E-state index in [0.29, 0.717) is 13.2 Å². The molecule has 3 nitrogen and oxygen atoms in total. The second-order valence-electron chi connectivity index (χ2n) is 4.71. The third-order valence-corrected chi connectivity index (χ3v) is 3.47. The molecule has 0 fully saturated rings. The molecule has 102 valence electrons. The zero-order valence-electron chi connectivity index (χ0n) is 11.4. The number of aliphatic hydroxyl groups excluding tert-OH is 2. The van der Waals surface area contributed by atoms with E-state index in [2.05, 4.69) is 0 Å². The van der Waals surface area contributed by atoms with Crippen LogP contribution < -0.4 is 0 Å². The monoisotopic (exact) mass is 252 g/mol. The molecule has 0 bridgehead atoms. The molecule has 0 spiro atoms. The normalized spacial score (nSPS) is 11.8. The quantitative estimate of drug-likeness (QED) is 0.696. The fourth-order valence-electron chi connectivity index (χ4n) is 2.34. The molecule has 1 aromatic carbocycles. The molecule has 2 N–H and O–H groups in total. The summed E-state index contributed by atoms with van der Waals surface area (Å²) in [4.78, 5) is 0. The standard InChI is InChI=1S/C15H24O3/c1-3-18-10-6-9-15(11-16,12-17)14-8-5-4-7-13(14)2/h4-5,7-8,16-17H,3,6,9-12H2,1-2H3. The number of benzene rings is 1. The summed E-state index contributed by atoms with van der Waals surface area (Å²) < 4.78 is 5.32. The van der Waals surface area contributed by atoms with Crippen LogP contribution in [0.5, 0.6) is 0 Å². The molecule has 0 aliphatic rings. The Bertz CT molecular complexity index is 345. The van der Waals surface area contributed by atoms with Crippen molar-refractivity contribution >= 4 is 0 Å². The van der Waals surface area contributed by atoms with Crippen molar-refractivity contribution in [3.05, 3.63) is 35.4 Å². The first-order valence-corrected chi connectivity index (χ1v) is 6.55. The lowest BCUT2D eigenvalue weighted by Gasteiger charge is -2.32. The van der Waals surface area contributed by atoms with E-state index in [9.17, 15) is 10.2 Å². The van der Waals surface area contributed by atoms with Crippen LogP contribution in [0.15, 0.2) is 24.3 Å². The topological polar surface area (TPSA) is 49.7 Å². The molecule has 18 heavy (non-hydrogen) atoms. The number of ether oxygens (including phenoxy) is 1. The highest BCUT2D eigenvalue weighted by Gasteiger charge is 2.31. The Morgan fingerprint density at radius 3 is 2.39 bits per heavy atom. The summed E-state index contributed by atoms with van der Waals surface area (Å²) in [6, 6.07) is 7.92. The van der Waals surface area contributed by atoms with Crippen molar-refractivity contribution in [3.8, 4) is 0 Å². The Kier molecular flexibility index (Phi) is 6.33. The summed E-state index contributed by atoms with van der Waals surface area (Å²) in [5.41, 5.74) is 1.59. The third-order valence-electron chi connectivity index (χ3n) is 3.47. The molecular formula is C15H24O3. The Balaban J connectivity index is 2.83. The van der Waals surface area contributed by atoms with E-state index in [-0.39, 0.29) is 13.2 Å². The smallest absolute Gasteiger partial charge is 0.0550 e. The Hall–Kier alpha value is -0.900. The van der Waals surface area contributed by atoms with E-state index in [0.717, 1.165) is 24.0 Å². The number of aliphatic hydroxyl groups is 2. The van der Waals surface area contributed by atoms with Crippen LogP contribution in [0.4, 0.5) is 0 Å². The van der Waals surface area contributed by atoms with Crippen molar-refractivity contribution in [2.45, 2.75) is 32.1 Å². The van der Waals surface area contributed by atoms with E-state index in [4.69, 9.17) is 4.74 Å². The molecular weight excluding hydrogens is 228 g/mol. The van der Waals surface area contributed by atoms with Crippen LogP contribution in [-0.2, 0) is 10.2 Å². The molecule has 1 aromatic rings. The molecule has 0 radical (unpaired) electrons. The summed E-state index contributed by atoms with van der Waals surface area (Å²) in [5.74, 6) is 0. The van der Waals surface area contributed by atoms with Gasteiger partial charge in [0.2, 0.25) is 0 Å². The molecule has 0 unspecified atom stereocenters. The summed E-state index contributed by atoms with van der Waals surface area (Å²) in [7, 11) is 0. The zero-order chi connectivity index (χ0) is 13.4. The lowest BCUT2D eigenvalue weighted by molar-refractivity contribution is 0.0888. The largest absolute Gasteiger partial charge is 0.395 e. The van der Waals surface area contributed by atoms with Crippen LogP contribution in [0.3, 0.4) is 0 Å². The lowest BCUT2D eigenvalue weighted by Crippen LogP contribution is -2.36. The molecule has 0 aromatic heterocycles. The van der Waals surface area contributed by atoms with Gasteiger partial charge in [0.15, 0.2) is 0 Å². The van der Waals surface area contributed by atoms with Gasteiger partial charge in [-0.1, -0.05) is 24.3 Å². The molecule has 3 heteroatoms. The molecule has 1 rings (SSSR count). The summed E-state index contributed by atoms with van der Waals surface area (Å²) in [6.07, 6.45) is 1.56. The van der Waals surface area contributed by atoms with Gasteiger partial charge in [-0.15, -0.1) is 0 Å². The predicted molar refractivity (Wildman–Crippen MR) is 72.8 cm³/mol. The van der Waals surface area contributed by atoms with Crippen LogP contribution in [0, 0.1) is 6.92 Å². The minimum Gasteiger partial charge on any atom is -0.395 e. The van der Waals surface area contributed by atoms with E-state index < -0.39 is 5.41 Å². The molecule has 0 atom stereocenters. The fraction of sp³-hybridized carbons (Fsp3) is 0.600. The average molecular weight is 252 g/mol. The van der Waals surface area contributed by atoms with E-state index in [1.165, 1.54) is 0 Å². The first-order valence-electron chi connectivity index (χ1n) is 6.55. The highest BCUT2D eigenvalue weighted by atomic mass is 16.5. The maximum absolute atomic E-state index is 9.71. The van der Waals surface area contributed by atoms with Gasteiger partial charge in [-0.05, 0) is 37.8 Å². The van der Waals surface area contributed by atoms with Crippen LogP contribution in [0.2, 0.25) is 0 Å². The maximum atomic E-state index is 9.71. The number of hydrogen-bond acceptors (Lipinski definition) is 3. The van der Waals surface area contributed by atoms with Gasteiger partial charge in [0.25, 0.3) is 0 Å². The van der Waals surface area contributed by atoms with Gasteiger partial charge in [-0.3, -0.25) is 0 Å². The van der Waals surface area contributed by atoms with E-state index in [1.807, 2.05) is 38.1 Å². The Labute approximate surface area is 109 Å². The zero-order valence-corrected chi connectivity index (χ0v) is 11.4. The molecule has 0 saturated heterocycles. The van der Waals surface area contributed by atoms with Crippen molar-refractivity contribution in [3.63, 3.8) is 0 Å². The molecule has 0 aliphatic heterocycles. The van der Waals surface area contributed by atoms with Gasteiger partial charge in [-0.2, -0.15) is 0 Å². The second-order valence-corrected chi connectivity index (χ2v) is 4.71. The Morgan fingerprint density at radius 2 is 1.83 bits per heavy atom. The van der Waals surface area contributed by atoms with Crippen LogP contribution in [0.25, 0.3) is 0 Å². The van der Waals surface area contributed by atoms with Crippen LogP contribution >= 0.6 is 0 Å². The first kappa shape index (κ1) is 15.2. The lowest BCUT2D eigenvalue weighted by atomic mass is 9.76. The van der Waals surface area contributed by atoms with Crippen molar-refractivity contribution < 1.29 is 14.9 Å². The molecule has 0 amide bonds. The van der Waals surface area contributed by atoms with Crippen molar-refractivity contribution in [2.75, 3.05) is 26.4 Å². The highest BCUT2D eigenvalue weighted by molar-refractivity contribution is 5.33. The third kappa shape index (κ3) is 3.55. The minimum absolute atomic E-state index is 0.0412. The van der Waals surface area contributed by atoms with Gasteiger partial charge < -0.3 is 14.9 Å². The van der Waals surface area contributed by atoms with Crippen LogP contribution in [-0.4, -0.2) is 36.6 Å². The summed E-state index contributed by atoms with van der Waals surface area (Å²) >= 11 is 0. The SMILES string of the molecule is CCOCCCC(CO)(CO)c1ccccc1C. The summed E-state index contributed by atoms with van der Waals surface area (Å²) in [5, 5.41) is 19.4. The van der Waals surface area contributed by atoms with Crippen molar-refractivity contribution in [1.29, 1.82) is 0 Å². The van der Waals surface area contributed by atoms with E-state index >= 15 is 0 Å². The maximum Gasteiger partial charge on any atom is 0.0550 e. The van der Waals surface area contributed by atoms with Gasteiger partial charge >= 0.3 is 0 Å². The van der Waals surface area contributed by atoms with Gasteiger partial charge in [0, 0.05) is 18.6 Å². The van der Waals surface area contributed by atoms with Gasteiger partial charge in [0.05, 0.1) is 13.2 Å². The van der Waals surface area contributed by atoms with Gasteiger partial charge in [0.1, 0.15) is 0 Å². The molecule has 0 heterocycles. The molecule has 0 aliphatic carbocycles. The predicted octanol–water partition coefficient (Wildman–Crippen LogP) is 2.03. The molecule has 0 saturated carbocycles. The van der Waals surface area contributed by atoms with Crippen molar-refractivity contribution in [1.82, 2.24) is 0 Å². The number of rotatable bonds is 8. The average Bonchev–Trinajstić information content (AvgIpc) is 2.41. The highest BCUT2D eigenvalue weighted by Crippen LogP contribution is 2.31. The summed E-state index contributed by atoms with van der Waals surface area (Å²) in [6.45, 7) is 5.27.